The zero-order valence-corrected chi connectivity index (χ0v) is 14.9. The predicted octanol–water partition coefficient (Wildman–Crippen LogP) is 2.45. The quantitative estimate of drug-likeness (QED) is 0.903. The molecule has 2 saturated heterocycles. The van der Waals surface area contributed by atoms with E-state index in [4.69, 9.17) is 5.73 Å². The molecule has 0 unspecified atom stereocenters. The summed E-state index contributed by atoms with van der Waals surface area (Å²) in [5, 5.41) is 0. The maximum atomic E-state index is 11.0. The molecule has 2 heterocycles. The summed E-state index contributed by atoms with van der Waals surface area (Å²) in [6, 6.07) is 11.0. The van der Waals surface area contributed by atoms with Crippen molar-refractivity contribution in [2.24, 2.45) is 11.1 Å². The topological polar surface area (TPSA) is 49.6 Å². The molecule has 0 aromatic heterocycles. The molecule has 0 radical (unpaired) electrons. The van der Waals surface area contributed by atoms with Crippen LogP contribution in [0, 0.1) is 5.41 Å². The van der Waals surface area contributed by atoms with Crippen LogP contribution in [-0.2, 0) is 4.79 Å². The highest BCUT2D eigenvalue weighted by atomic mass is 16.1. The maximum absolute atomic E-state index is 11.0. The molecule has 4 heteroatoms. The molecule has 2 aliphatic rings. The minimum Gasteiger partial charge on any atom is -0.370 e. The number of primary amides is 1. The summed E-state index contributed by atoms with van der Waals surface area (Å²) in [5.74, 6) is 0.464. The minimum atomic E-state index is -0.186. The van der Waals surface area contributed by atoms with E-state index in [0.29, 0.717) is 17.8 Å². The standard InChI is InChI=1S/C20H31N3O/c1-2-22-15-18(17-6-4-3-5-7-17)14-20(16-22)9-12-23(13-10-20)11-8-19(21)24/h3-7,18H,2,8-16H2,1H3,(H2,21,24)/t18-/m1/s1. The van der Waals surface area contributed by atoms with Crippen molar-refractivity contribution in [2.75, 3.05) is 39.3 Å². The number of carbonyl (C=O) groups is 1. The fourth-order valence-electron chi connectivity index (χ4n) is 4.57. The van der Waals surface area contributed by atoms with E-state index in [0.717, 1.165) is 26.2 Å². The molecule has 2 N–H and O–H groups in total. The summed E-state index contributed by atoms with van der Waals surface area (Å²) in [5.41, 5.74) is 7.23. The monoisotopic (exact) mass is 329 g/mol. The molecule has 1 amide bonds. The lowest BCUT2D eigenvalue weighted by atomic mass is 9.68. The van der Waals surface area contributed by atoms with Crippen LogP contribution in [0.2, 0.25) is 0 Å². The van der Waals surface area contributed by atoms with Gasteiger partial charge < -0.3 is 15.5 Å². The highest BCUT2D eigenvalue weighted by Crippen LogP contribution is 2.44. The number of likely N-dealkylation sites (tertiary alicyclic amines) is 2. The van der Waals surface area contributed by atoms with Crippen molar-refractivity contribution in [1.82, 2.24) is 9.80 Å². The van der Waals surface area contributed by atoms with Gasteiger partial charge >= 0.3 is 0 Å². The van der Waals surface area contributed by atoms with Crippen LogP contribution in [0.3, 0.4) is 0 Å². The van der Waals surface area contributed by atoms with Gasteiger partial charge in [-0.05, 0) is 55.8 Å². The number of piperidine rings is 2. The summed E-state index contributed by atoms with van der Waals surface area (Å²) >= 11 is 0. The summed E-state index contributed by atoms with van der Waals surface area (Å²) in [6.07, 6.45) is 4.27. The van der Waals surface area contributed by atoms with E-state index < -0.39 is 0 Å². The van der Waals surface area contributed by atoms with Gasteiger partial charge in [0.1, 0.15) is 0 Å². The average Bonchev–Trinajstić information content (AvgIpc) is 2.61. The summed E-state index contributed by atoms with van der Waals surface area (Å²) < 4.78 is 0. The zero-order chi connectivity index (χ0) is 17.0. The molecule has 132 valence electrons. The van der Waals surface area contributed by atoms with Gasteiger partial charge in [0.25, 0.3) is 0 Å². The van der Waals surface area contributed by atoms with Crippen LogP contribution >= 0.6 is 0 Å². The summed E-state index contributed by atoms with van der Waals surface area (Å²) in [7, 11) is 0. The molecular weight excluding hydrogens is 298 g/mol. The molecule has 0 aliphatic carbocycles. The SMILES string of the molecule is CCN1C[C@H](c2ccccc2)CC2(CCN(CCC(N)=O)CC2)C1. The molecule has 1 atom stereocenters. The van der Waals surface area contributed by atoms with Crippen LogP contribution in [0.15, 0.2) is 30.3 Å². The summed E-state index contributed by atoms with van der Waals surface area (Å²) in [6.45, 7) is 8.87. The van der Waals surface area contributed by atoms with E-state index >= 15 is 0 Å². The Morgan fingerprint density at radius 3 is 2.54 bits per heavy atom. The lowest BCUT2D eigenvalue weighted by Crippen LogP contribution is -2.51. The zero-order valence-electron chi connectivity index (χ0n) is 14.9. The van der Waals surface area contributed by atoms with Gasteiger partial charge in [0.2, 0.25) is 5.91 Å². The second-order valence-corrected chi connectivity index (χ2v) is 7.70. The number of rotatable bonds is 5. The first-order valence-electron chi connectivity index (χ1n) is 9.38. The number of amides is 1. The van der Waals surface area contributed by atoms with E-state index in [-0.39, 0.29) is 5.91 Å². The van der Waals surface area contributed by atoms with Crippen LogP contribution in [0.4, 0.5) is 0 Å². The van der Waals surface area contributed by atoms with Gasteiger partial charge in [0.05, 0.1) is 0 Å². The Balaban J connectivity index is 1.65. The average molecular weight is 329 g/mol. The molecule has 24 heavy (non-hydrogen) atoms. The van der Waals surface area contributed by atoms with Gasteiger partial charge in [-0.3, -0.25) is 4.79 Å². The third-order valence-electron chi connectivity index (χ3n) is 6.03. The van der Waals surface area contributed by atoms with Crippen LogP contribution < -0.4 is 5.73 Å². The molecule has 1 aromatic carbocycles. The van der Waals surface area contributed by atoms with E-state index in [1.807, 2.05) is 0 Å². The normalized spacial score (nSPS) is 25.0. The smallest absolute Gasteiger partial charge is 0.218 e. The Bertz CT molecular complexity index is 537. The van der Waals surface area contributed by atoms with E-state index in [2.05, 4.69) is 47.1 Å². The van der Waals surface area contributed by atoms with Crippen molar-refractivity contribution in [2.45, 2.75) is 38.5 Å². The molecule has 2 fully saturated rings. The highest BCUT2D eigenvalue weighted by Gasteiger charge is 2.41. The van der Waals surface area contributed by atoms with Crippen molar-refractivity contribution in [3.8, 4) is 0 Å². The van der Waals surface area contributed by atoms with Crippen molar-refractivity contribution in [3.05, 3.63) is 35.9 Å². The van der Waals surface area contributed by atoms with Crippen LogP contribution in [0.25, 0.3) is 0 Å². The first-order valence-corrected chi connectivity index (χ1v) is 9.38. The van der Waals surface area contributed by atoms with Gasteiger partial charge in [-0.1, -0.05) is 37.3 Å². The van der Waals surface area contributed by atoms with Gasteiger partial charge in [0, 0.05) is 26.1 Å². The molecule has 1 spiro atoms. The fourth-order valence-corrected chi connectivity index (χ4v) is 4.57. The van der Waals surface area contributed by atoms with Crippen molar-refractivity contribution < 1.29 is 4.79 Å². The number of carbonyl (C=O) groups excluding carboxylic acids is 1. The lowest BCUT2D eigenvalue weighted by Gasteiger charge is -2.50. The van der Waals surface area contributed by atoms with Gasteiger partial charge in [-0.25, -0.2) is 0 Å². The predicted molar refractivity (Wildman–Crippen MR) is 97.8 cm³/mol. The Labute approximate surface area is 146 Å². The number of hydrogen-bond acceptors (Lipinski definition) is 3. The van der Waals surface area contributed by atoms with Gasteiger partial charge in [0.15, 0.2) is 0 Å². The molecule has 4 nitrogen and oxygen atoms in total. The van der Waals surface area contributed by atoms with Crippen molar-refractivity contribution >= 4 is 5.91 Å². The van der Waals surface area contributed by atoms with Gasteiger partial charge in [-0.2, -0.15) is 0 Å². The van der Waals surface area contributed by atoms with E-state index in [1.54, 1.807) is 0 Å². The second-order valence-electron chi connectivity index (χ2n) is 7.70. The fraction of sp³-hybridized carbons (Fsp3) is 0.650. The third kappa shape index (κ3) is 4.17. The molecule has 2 aliphatic heterocycles. The van der Waals surface area contributed by atoms with Crippen LogP contribution in [-0.4, -0.2) is 55.0 Å². The maximum Gasteiger partial charge on any atom is 0.218 e. The van der Waals surface area contributed by atoms with Crippen LogP contribution in [0.5, 0.6) is 0 Å². The lowest BCUT2D eigenvalue weighted by molar-refractivity contribution is -0.118. The summed E-state index contributed by atoms with van der Waals surface area (Å²) in [4.78, 5) is 16.1. The van der Waals surface area contributed by atoms with Crippen molar-refractivity contribution in [3.63, 3.8) is 0 Å². The van der Waals surface area contributed by atoms with E-state index in [9.17, 15) is 4.79 Å². The molecular formula is C20H31N3O. The number of benzene rings is 1. The Hall–Kier alpha value is -1.39. The molecule has 3 rings (SSSR count). The second kappa shape index (κ2) is 7.66. The minimum absolute atomic E-state index is 0.186. The van der Waals surface area contributed by atoms with Crippen LogP contribution in [0.1, 0.15) is 44.1 Å². The molecule has 0 saturated carbocycles. The number of likely N-dealkylation sites (N-methyl/N-ethyl adjacent to an activating group) is 1. The number of nitrogens with zero attached hydrogens (tertiary/aromatic N) is 2. The first kappa shape index (κ1) is 17.4. The third-order valence-corrected chi connectivity index (χ3v) is 6.03. The first-order chi connectivity index (χ1) is 11.6. The Kier molecular flexibility index (Phi) is 5.57. The van der Waals surface area contributed by atoms with Crippen molar-refractivity contribution in [1.29, 1.82) is 0 Å². The number of nitrogens with two attached hydrogens (primary N) is 1. The molecule has 0 bridgehead atoms. The Morgan fingerprint density at radius 1 is 1.21 bits per heavy atom. The number of hydrogen-bond donors (Lipinski definition) is 1. The largest absolute Gasteiger partial charge is 0.370 e. The van der Waals surface area contributed by atoms with E-state index in [1.165, 1.54) is 37.9 Å². The van der Waals surface area contributed by atoms with Gasteiger partial charge in [-0.15, -0.1) is 0 Å². The Morgan fingerprint density at radius 2 is 1.92 bits per heavy atom. The highest BCUT2D eigenvalue weighted by molar-refractivity contribution is 5.73. The molecule has 1 aromatic rings.